The zero-order valence-electron chi connectivity index (χ0n) is 16.2. The van der Waals surface area contributed by atoms with Gasteiger partial charge >= 0.3 is 5.69 Å². The lowest BCUT2D eigenvalue weighted by Crippen LogP contribution is -2.44. The third kappa shape index (κ3) is 3.92. The van der Waals surface area contributed by atoms with Gasteiger partial charge in [0.1, 0.15) is 5.82 Å². The first kappa shape index (κ1) is 19.7. The van der Waals surface area contributed by atoms with E-state index in [9.17, 15) is 14.4 Å². The molecule has 1 aliphatic heterocycles. The van der Waals surface area contributed by atoms with Crippen LogP contribution in [0, 0.1) is 0 Å². The van der Waals surface area contributed by atoms with Crippen LogP contribution in [-0.2, 0) is 11.3 Å². The average Bonchev–Trinajstić information content (AvgIpc) is 3.45. The van der Waals surface area contributed by atoms with Gasteiger partial charge in [-0.3, -0.25) is 24.0 Å². The van der Waals surface area contributed by atoms with E-state index in [2.05, 4.69) is 4.98 Å². The van der Waals surface area contributed by atoms with Gasteiger partial charge < -0.3 is 14.9 Å². The highest BCUT2D eigenvalue weighted by molar-refractivity contribution is 6.05. The smallest absolute Gasteiger partial charge is 0.330 e. The number of nitrogens with two attached hydrogens (primary N) is 1. The molecule has 156 valence electrons. The van der Waals surface area contributed by atoms with Crippen molar-refractivity contribution in [3.05, 3.63) is 80.9 Å². The molecule has 0 spiro atoms. The number of nitrogens with zero attached hydrogens (tertiary/aromatic N) is 2. The third-order valence-electron chi connectivity index (χ3n) is 5.05. The Morgan fingerprint density at radius 2 is 2.00 bits per heavy atom. The SMILES string of the molecule is Nc1c(N(C[C@@H]2CCCO2)C(=O)c2ccco2)c(=O)[nH]c(=O)n1Cc1ccccc1. The average molecular weight is 410 g/mol. The number of rotatable bonds is 6. The van der Waals surface area contributed by atoms with Crippen molar-refractivity contribution in [2.24, 2.45) is 0 Å². The molecule has 1 saturated heterocycles. The van der Waals surface area contributed by atoms with E-state index in [0.29, 0.717) is 6.61 Å². The number of nitrogens with one attached hydrogen (secondary N) is 1. The number of hydrogen-bond donors (Lipinski definition) is 2. The topological polar surface area (TPSA) is 124 Å². The van der Waals surface area contributed by atoms with Crippen molar-refractivity contribution in [3.8, 4) is 0 Å². The molecule has 1 fully saturated rings. The van der Waals surface area contributed by atoms with Crippen molar-refractivity contribution in [1.82, 2.24) is 9.55 Å². The molecule has 0 bridgehead atoms. The quantitative estimate of drug-likeness (QED) is 0.636. The fraction of sp³-hybridized carbons (Fsp3) is 0.286. The number of anilines is 2. The molecule has 3 heterocycles. The summed E-state index contributed by atoms with van der Waals surface area (Å²) < 4.78 is 12.1. The highest BCUT2D eigenvalue weighted by Gasteiger charge is 2.30. The van der Waals surface area contributed by atoms with Crippen LogP contribution < -0.4 is 21.9 Å². The predicted molar refractivity (Wildman–Crippen MR) is 111 cm³/mol. The predicted octanol–water partition coefficient (Wildman–Crippen LogP) is 1.59. The van der Waals surface area contributed by atoms with Gasteiger partial charge in [-0.15, -0.1) is 0 Å². The maximum Gasteiger partial charge on any atom is 0.330 e. The number of ether oxygens (including phenoxy) is 1. The Hall–Kier alpha value is -3.59. The lowest BCUT2D eigenvalue weighted by atomic mass is 10.2. The first-order chi connectivity index (χ1) is 14.5. The molecule has 30 heavy (non-hydrogen) atoms. The summed E-state index contributed by atoms with van der Waals surface area (Å²) in [6, 6.07) is 12.3. The van der Waals surface area contributed by atoms with Crippen molar-refractivity contribution in [2.75, 3.05) is 23.8 Å². The van der Waals surface area contributed by atoms with E-state index >= 15 is 0 Å². The van der Waals surface area contributed by atoms with Crippen LogP contribution in [0.15, 0.2) is 62.7 Å². The van der Waals surface area contributed by atoms with Gasteiger partial charge in [-0.05, 0) is 30.5 Å². The summed E-state index contributed by atoms with van der Waals surface area (Å²) in [5.74, 6) is -0.560. The number of hydrogen-bond acceptors (Lipinski definition) is 6. The monoisotopic (exact) mass is 410 g/mol. The molecule has 0 unspecified atom stereocenters. The number of carbonyl (C=O) groups excluding carboxylic acids is 1. The van der Waals surface area contributed by atoms with Crippen LogP contribution in [0.25, 0.3) is 0 Å². The van der Waals surface area contributed by atoms with Crippen LogP contribution in [0.4, 0.5) is 11.5 Å². The Balaban J connectivity index is 1.79. The van der Waals surface area contributed by atoms with Gasteiger partial charge in [0.05, 0.1) is 25.5 Å². The molecular weight excluding hydrogens is 388 g/mol. The molecule has 1 aromatic carbocycles. The largest absolute Gasteiger partial charge is 0.459 e. The maximum atomic E-state index is 13.1. The van der Waals surface area contributed by atoms with E-state index in [0.717, 1.165) is 18.4 Å². The van der Waals surface area contributed by atoms with Gasteiger partial charge in [0.15, 0.2) is 11.4 Å². The highest BCUT2D eigenvalue weighted by atomic mass is 16.5. The van der Waals surface area contributed by atoms with Crippen molar-refractivity contribution in [1.29, 1.82) is 0 Å². The highest BCUT2D eigenvalue weighted by Crippen LogP contribution is 2.23. The molecule has 4 rings (SSSR count). The van der Waals surface area contributed by atoms with E-state index in [1.165, 1.54) is 21.8 Å². The van der Waals surface area contributed by atoms with Crippen molar-refractivity contribution >= 4 is 17.4 Å². The molecular formula is C21H22N4O5. The number of H-pyrrole nitrogens is 1. The standard InChI is InChI=1S/C21H22N4O5/c22-18-17(19(26)23-21(28)25(18)12-14-6-2-1-3-7-14)24(13-15-8-4-10-29-15)20(27)16-9-5-11-30-16/h1-3,5-7,9,11,15H,4,8,10,12-13,22H2,(H,23,26,28)/t15-/m0/s1. The number of benzene rings is 1. The third-order valence-corrected chi connectivity index (χ3v) is 5.05. The van der Waals surface area contributed by atoms with E-state index in [-0.39, 0.29) is 36.5 Å². The number of carbonyl (C=O) groups is 1. The Bertz CT molecular complexity index is 1130. The maximum absolute atomic E-state index is 13.1. The molecule has 1 amide bonds. The minimum atomic E-state index is -0.736. The van der Waals surface area contributed by atoms with Gasteiger partial charge in [-0.25, -0.2) is 4.79 Å². The van der Waals surface area contributed by atoms with E-state index in [1.54, 1.807) is 6.07 Å². The molecule has 9 nitrogen and oxygen atoms in total. The Kier molecular flexibility index (Phi) is 5.53. The van der Waals surface area contributed by atoms with Crippen LogP contribution in [0.5, 0.6) is 0 Å². The van der Waals surface area contributed by atoms with E-state index in [4.69, 9.17) is 14.9 Å². The molecule has 0 aliphatic carbocycles. The summed E-state index contributed by atoms with van der Waals surface area (Å²) in [6.45, 7) is 0.862. The van der Waals surface area contributed by atoms with Crippen LogP contribution >= 0.6 is 0 Å². The molecule has 0 saturated carbocycles. The van der Waals surface area contributed by atoms with Crippen LogP contribution in [-0.4, -0.2) is 34.7 Å². The normalized spacial score (nSPS) is 15.9. The molecule has 1 atom stereocenters. The van der Waals surface area contributed by atoms with Gasteiger partial charge in [-0.2, -0.15) is 0 Å². The molecule has 0 radical (unpaired) electrons. The summed E-state index contributed by atoms with van der Waals surface area (Å²) in [6.07, 6.45) is 2.76. The fourth-order valence-electron chi connectivity index (χ4n) is 3.56. The molecule has 1 aliphatic rings. The first-order valence-electron chi connectivity index (χ1n) is 9.68. The minimum Gasteiger partial charge on any atom is -0.459 e. The van der Waals surface area contributed by atoms with E-state index in [1.807, 2.05) is 30.3 Å². The second-order valence-corrected chi connectivity index (χ2v) is 7.09. The molecule has 3 aromatic rings. The van der Waals surface area contributed by atoms with Gasteiger partial charge in [0, 0.05) is 6.61 Å². The van der Waals surface area contributed by atoms with Gasteiger partial charge in [-0.1, -0.05) is 30.3 Å². The fourth-order valence-corrected chi connectivity index (χ4v) is 3.56. The summed E-state index contributed by atoms with van der Waals surface area (Å²) in [4.78, 5) is 41.9. The second kappa shape index (κ2) is 8.42. The summed E-state index contributed by atoms with van der Waals surface area (Å²) in [7, 11) is 0. The van der Waals surface area contributed by atoms with Crippen LogP contribution in [0.2, 0.25) is 0 Å². The van der Waals surface area contributed by atoms with Gasteiger partial charge in [0.25, 0.3) is 11.5 Å². The van der Waals surface area contributed by atoms with Crippen LogP contribution in [0.3, 0.4) is 0 Å². The Labute approximate surface area is 171 Å². The Morgan fingerprint density at radius 3 is 2.67 bits per heavy atom. The number of furan rings is 1. The van der Waals surface area contributed by atoms with E-state index < -0.39 is 17.2 Å². The molecule has 3 N–H and O–H groups in total. The summed E-state index contributed by atoms with van der Waals surface area (Å²) >= 11 is 0. The van der Waals surface area contributed by atoms with Crippen molar-refractivity contribution in [2.45, 2.75) is 25.5 Å². The lowest BCUT2D eigenvalue weighted by molar-refractivity contribution is 0.0894. The lowest BCUT2D eigenvalue weighted by Gasteiger charge is -2.26. The van der Waals surface area contributed by atoms with Crippen LogP contribution in [0.1, 0.15) is 29.0 Å². The second-order valence-electron chi connectivity index (χ2n) is 7.09. The Morgan fingerprint density at radius 1 is 1.20 bits per heavy atom. The van der Waals surface area contributed by atoms with Crippen molar-refractivity contribution in [3.63, 3.8) is 0 Å². The number of amides is 1. The zero-order valence-corrected chi connectivity index (χ0v) is 16.2. The zero-order chi connectivity index (χ0) is 21.1. The summed E-state index contributed by atoms with van der Waals surface area (Å²) in [5.41, 5.74) is 5.63. The number of nitrogen functional groups attached to an aromatic ring is 1. The summed E-state index contributed by atoms with van der Waals surface area (Å²) in [5, 5.41) is 0. The van der Waals surface area contributed by atoms with Crippen molar-refractivity contribution < 1.29 is 13.9 Å². The first-order valence-corrected chi connectivity index (χ1v) is 9.68. The molecule has 9 heteroatoms. The minimum absolute atomic E-state index is 0.0626. The molecule has 2 aromatic heterocycles. The van der Waals surface area contributed by atoms with Gasteiger partial charge in [0.2, 0.25) is 0 Å². The number of aromatic nitrogens is 2. The number of aromatic amines is 1.